The normalized spacial score (nSPS) is 12.0. The Hall–Kier alpha value is -2.50. The van der Waals surface area contributed by atoms with Gasteiger partial charge in [-0.05, 0) is 25.7 Å². The zero-order valence-electron chi connectivity index (χ0n) is 25.5. The van der Waals surface area contributed by atoms with E-state index in [1.807, 2.05) is 0 Å². The summed E-state index contributed by atoms with van der Waals surface area (Å²) in [6, 6.07) is 0. The van der Waals surface area contributed by atoms with Crippen LogP contribution in [0.4, 0.5) is 0 Å². The van der Waals surface area contributed by atoms with E-state index < -0.39 is 33.8 Å². The first kappa shape index (κ1) is 39.5. The Morgan fingerprint density at radius 3 is 1.52 bits per heavy atom. The highest BCUT2D eigenvalue weighted by atomic mass is 32.2. The maximum absolute atomic E-state index is 12.1. The fraction of sp³-hybridized carbons (Fsp3) is 0.833. The molecule has 12 heteroatoms. The summed E-state index contributed by atoms with van der Waals surface area (Å²) in [5.41, 5.74) is 0. The molecule has 0 aliphatic carbocycles. The predicted molar refractivity (Wildman–Crippen MR) is 161 cm³/mol. The lowest BCUT2D eigenvalue weighted by atomic mass is 10.0. The first-order valence-corrected chi connectivity index (χ1v) is 17.3. The molecule has 0 aromatic rings. The molecule has 0 saturated heterocycles. The average molecular weight is 619 g/mol. The van der Waals surface area contributed by atoms with Crippen LogP contribution in [0.15, 0.2) is 0 Å². The zero-order chi connectivity index (χ0) is 31.6. The Kier molecular flexibility index (Phi) is 23.5. The molecular weight excluding hydrogens is 564 g/mol. The van der Waals surface area contributed by atoms with Crippen molar-refractivity contribution in [2.24, 2.45) is 5.92 Å². The van der Waals surface area contributed by atoms with Gasteiger partial charge >= 0.3 is 11.9 Å². The van der Waals surface area contributed by atoms with E-state index in [-0.39, 0.29) is 62.5 Å². The van der Waals surface area contributed by atoms with Crippen LogP contribution >= 0.6 is 0 Å². The lowest BCUT2D eigenvalue weighted by Gasteiger charge is -2.08. The number of unbranched alkanes of at least 4 members (excludes halogenated alkanes) is 13. The third kappa shape index (κ3) is 26.4. The van der Waals surface area contributed by atoms with Gasteiger partial charge in [0, 0.05) is 38.6 Å². The number of sulfonamides is 1. The minimum atomic E-state index is -3.80. The summed E-state index contributed by atoms with van der Waals surface area (Å²) in [5.74, 6) is -3.85. The van der Waals surface area contributed by atoms with Gasteiger partial charge in [-0.1, -0.05) is 84.0 Å². The molecule has 11 nitrogen and oxygen atoms in total. The van der Waals surface area contributed by atoms with Crippen molar-refractivity contribution < 1.29 is 42.6 Å². The highest BCUT2D eigenvalue weighted by Gasteiger charge is 2.16. The topological polar surface area (TPSA) is 184 Å². The van der Waals surface area contributed by atoms with Crippen LogP contribution in [0.5, 0.6) is 0 Å². The summed E-state index contributed by atoms with van der Waals surface area (Å²) in [6.07, 6.45) is 15.9. The second-order valence-electron chi connectivity index (χ2n) is 11.2. The number of carbonyl (C=O) groups is 5. The molecule has 244 valence electrons. The highest BCUT2D eigenvalue weighted by molar-refractivity contribution is 7.90. The molecule has 0 spiro atoms. The summed E-state index contributed by atoms with van der Waals surface area (Å²) in [6.45, 7) is 1.71. The van der Waals surface area contributed by atoms with Gasteiger partial charge in [-0.25, -0.2) is 8.42 Å². The molecule has 0 radical (unpaired) electrons. The van der Waals surface area contributed by atoms with Crippen LogP contribution in [-0.2, 0) is 34.0 Å². The maximum Gasteiger partial charge on any atom is 0.306 e. The lowest BCUT2D eigenvalue weighted by Crippen LogP contribution is -2.33. The van der Waals surface area contributed by atoms with E-state index in [0.29, 0.717) is 12.8 Å². The monoisotopic (exact) mass is 618 g/mol. The van der Waals surface area contributed by atoms with Gasteiger partial charge in [0.2, 0.25) is 21.8 Å². The fourth-order valence-electron chi connectivity index (χ4n) is 4.51. The minimum absolute atomic E-state index is 0.0186. The van der Waals surface area contributed by atoms with Gasteiger partial charge in [0.25, 0.3) is 0 Å². The summed E-state index contributed by atoms with van der Waals surface area (Å²) in [7, 11) is -3.80. The van der Waals surface area contributed by atoms with E-state index >= 15 is 0 Å². The van der Waals surface area contributed by atoms with Crippen LogP contribution in [0.1, 0.15) is 142 Å². The molecule has 0 bridgehead atoms. The van der Waals surface area contributed by atoms with E-state index in [1.54, 1.807) is 0 Å². The number of aliphatic carboxylic acids is 2. The van der Waals surface area contributed by atoms with Gasteiger partial charge in [0.05, 0.1) is 11.7 Å². The van der Waals surface area contributed by atoms with Crippen LogP contribution in [0.3, 0.4) is 0 Å². The minimum Gasteiger partial charge on any atom is -0.481 e. The van der Waals surface area contributed by atoms with Crippen molar-refractivity contribution in [3.05, 3.63) is 0 Å². The Balaban J connectivity index is 3.65. The van der Waals surface area contributed by atoms with E-state index in [0.717, 1.165) is 44.9 Å². The number of hydrogen-bond acceptors (Lipinski definition) is 7. The molecule has 0 aliphatic heterocycles. The summed E-state index contributed by atoms with van der Waals surface area (Å²) in [4.78, 5) is 56.8. The number of amides is 2. The standard InChI is InChI=1S/C30H54N2O9S/c1-25(30(38)39)24-26(33)18-16-22-31-27(34)20-17-23-42(40,41)32-28(35)19-14-12-10-8-6-4-2-3-5-7-9-11-13-15-21-29(36)37/h25H,2-24H2,1H3,(H,31,34)(H,32,35)(H,36,37)(H,38,39). The lowest BCUT2D eigenvalue weighted by molar-refractivity contribution is -0.143. The number of carbonyl (C=O) groups excluding carboxylic acids is 3. The molecule has 0 aromatic heterocycles. The van der Waals surface area contributed by atoms with Crippen LogP contribution < -0.4 is 10.0 Å². The van der Waals surface area contributed by atoms with E-state index in [2.05, 4.69) is 10.0 Å². The number of nitrogens with one attached hydrogen (secondary N) is 2. The molecule has 42 heavy (non-hydrogen) atoms. The molecule has 0 aromatic carbocycles. The van der Waals surface area contributed by atoms with E-state index in [1.165, 1.54) is 45.4 Å². The molecule has 0 rings (SSSR count). The molecular formula is C30H54N2O9S. The van der Waals surface area contributed by atoms with Crippen molar-refractivity contribution in [3.8, 4) is 0 Å². The molecule has 2 amide bonds. The van der Waals surface area contributed by atoms with Gasteiger partial charge in [0.15, 0.2) is 0 Å². The number of rotatable bonds is 29. The molecule has 1 atom stereocenters. The number of ketones is 1. The first-order chi connectivity index (χ1) is 19.9. The highest BCUT2D eigenvalue weighted by Crippen LogP contribution is 2.14. The Morgan fingerprint density at radius 2 is 1.05 bits per heavy atom. The smallest absolute Gasteiger partial charge is 0.306 e. The number of hydrogen-bond donors (Lipinski definition) is 4. The van der Waals surface area contributed by atoms with Crippen molar-refractivity contribution in [2.45, 2.75) is 142 Å². The molecule has 1 unspecified atom stereocenters. The van der Waals surface area contributed by atoms with Crippen LogP contribution in [0.25, 0.3) is 0 Å². The molecule has 4 N–H and O–H groups in total. The van der Waals surface area contributed by atoms with Crippen LogP contribution in [-0.4, -0.2) is 60.5 Å². The zero-order valence-corrected chi connectivity index (χ0v) is 26.3. The van der Waals surface area contributed by atoms with Crippen molar-refractivity contribution in [1.82, 2.24) is 10.0 Å². The average Bonchev–Trinajstić information content (AvgIpc) is 2.90. The largest absolute Gasteiger partial charge is 0.481 e. The Bertz CT molecular complexity index is 906. The number of Topliss-reactive ketones (excluding diaryl/α,β-unsaturated/α-hetero) is 1. The van der Waals surface area contributed by atoms with Gasteiger partial charge in [-0.2, -0.15) is 0 Å². The second-order valence-corrected chi connectivity index (χ2v) is 13.1. The third-order valence-corrected chi connectivity index (χ3v) is 8.41. The van der Waals surface area contributed by atoms with E-state index in [9.17, 15) is 32.4 Å². The van der Waals surface area contributed by atoms with Crippen molar-refractivity contribution in [2.75, 3.05) is 12.3 Å². The van der Waals surface area contributed by atoms with Crippen molar-refractivity contribution >= 4 is 39.6 Å². The summed E-state index contributed by atoms with van der Waals surface area (Å²) in [5, 5.41) is 20.0. The van der Waals surface area contributed by atoms with Crippen molar-refractivity contribution in [1.29, 1.82) is 0 Å². The molecule has 0 saturated carbocycles. The SMILES string of the molecule is CC(CC(=O)CCCNC(=O)CCCS(=O)(=O)NC(=O)CCCCCCCCCCCCCCCCC(=O)O)C(=O)O. The van der Waals surface area contributed by atoms with Gasteiger partial charge < -0.3 is 15.5 Å². The van der Waals surface area contributed by atoms with Crippen molar-refractivity contribution in [3.63, 3.8) is 0 Å². The van der Waals surface area contributed by atoms with E-state index in [4.69, 9.17) is 10.2 Å². The second kappa shape index (κ2) is 25.0. The van der Waals surface area contributed by atoms with Crippen LogP contribution in [0, 0.1) is 5.92 Å². The quantitative estimate of drug-likeness (QED) is 0.0827. The predicted octanol–water partition coefficient (Wildman–Crippen LogP) is 5.12. The summed E-state index contributed by atoms with van der Waals surface area (Å²) < 4.78 is 26.3. The molecule has 0 aliphatic rings. The number of carboxylic acid groups (broad SMARTS) is 2. The molecule has 0 heterocycles. The first-order valence-electron chi connectivity index (χ1n) is 15.7. The third-order valence-electron chi connectivity index (χ3n) is 7.04. The summed E-state index contributed by atoms with van der Waals surface area (Å²) >= 11 is 0. The number of carboxylic acids is 2. The Labute approximate surface area is 252 Å². The van der Waals surface area contributed by atoms with Gasteiger partial charge in [-0.3, -0.25) is 28.7 Å². The van der Waals surface area contributed by atoms with Gasteiger partial charge in [0.1, 0.15) is 5.78 Å². The maximum atomic E-state index is 12.1. The fourth-order valence-corrected chi connectivity index (χ4v) is 5.59. The molecule has 0 fully saturated rings. The van der Waals surface area contributed by atoms with Crippen LogP contribution in [0.2, 0.25) is 0 Å². The van der Waals surface area contributed by atoms with Gasteiger partial charge in [-0.15, -0.1) is 0 Å². The Morgan fingerprint density at radius 1 is 0.595 bits per heavy atom.